The van der Waals surface area contributed by atoms with Crippen LogP contribution in [0.2, 0.25) is 0 Å². The molecule has 3 heteroatoms. The fourth-order valence-corrected chi connectivity index (χ4v) is 2.91. The minimum atomic E-state index is -0.316. The first-order valence-corrected chi connectivity index (χ1v) is 7.52. The Labute approximate surface area is 130 Å². The Morgan fingerprint density at radius 2 is 1.55 bits per heavy atom. The van der Waals surface area contributed by atoms with Crippen LogP contribution in [0, 0.1) is 0 Å². The normalized spacial score (nSPS) is 10.8. The molecule has 0 N–H and O–H groups in total. The highest BCUT2D eigenvalue weighted by Crippen LogP contribution is 2.36. The van der Waals surface area contributed by atoms with Gasteiger partial charge in [-0.1, -0.05) is 55.5 Å². The van der Waals surface area contributed by atoms with Gasteiger partial charge in [0.1, 0.15) is 0 Å². The van der Waals surface area contributed by atoms with Gasteiger partial charge in [0.25, 0.3) is 0 Å². The van der Waals surface area contributed by atoms with Gasteiger partial charge in [0.05, 0.1) is 12.8 Å². The van der Waals surface area contributed by atoms with Crippen LogP contribution in [0.4, 0.5) is 10.5 Å². The lowest BCUT2D eigenvalue weighted by atomic mass is 10.00. The van der Waals surface area contributed by atoms with Crippen molar-refractivity contribution in [2.24, 2.45) is 0 Å². The van der Waals surface area contributed by atoms with Crippen LogP contribution in [-0.2, 0) is 4.74 Å². The van der Waals surface area contributed by atoms with E-state index < -0.39 is 0 Å². The Hall–Kier alpha value is -2.55. The predicted octanol–water partition coefficient (Wildman–Crippen LogP) is 4.98. The lowest BCUT2D eigenvalue weighted by molar-refractivity contribution is 0.179. The molecule has 0 fully saturated rings. The molecule has 3 rings (SSSR count). The number of ether oxygens (including phenoxy) is 1. The second-order valence-corrected chi connectivity index (χ2v) is 5.29. The smallest absolute Gasteiger partial charge is 0.414 e. The standard InChI is InChI=1S/C19H19NO2/c1-3-12-20(19(21)22-2)18-16-10-6-4-8-14(16)13-15-9-5-7-11-17(15)18/h4-11,13H,3,12H2,1-2H3. The van der Waals surface area contributed by atoms with E-state index in [2.05, 4.69) is 37.3 Å². The molecule has 3 nitrogen and oxygen atoms in total. The number of benzene rings is 3. The first kappa shape index (κ1) is 14.4. The van der Waals surface area contributed by atoms with E-state index in [9.17, 15) is 4.79 Å². The molecular formula is C19H19NO2. The van der Waals surface area contributed by atoms with Crippen LogP contribution < -0.4 is 4.90 Å². The lowest BCUT2D eigenvalue weighted by Crippen LogP contribution is -2.31. The van der Waals surface area contributed by atoms with E-state index in [0.29, 0.717) is 6.54 Å². The van der Waals surface area contributed by atoms with Gasteiger partial charge in [-0.2, -0.15) is 0 Å². The molecule has 0 bridgehead atoms. The summed E-state index contributed by atoms with van der Waals surface area (Å²) in [6, 6.07) is 18.5. The minimum Gasteiger partial charge on any atom is -0.452 e. The molecular weight excluding hydrogens is 274 g/mol. The Kier molecular flexibility index (Phi) is 3.96. The Morgan fingerprint density at radius 1 is 1.00 bits per heavy atom. The SMILES string of the molecule is CCCN(C(=O)OC)c1c2ccccc2cc2ccccc12. The zero-order valence-electron chi connectivity index (χ0n) is 12.9. The summed E-state index contributed by atoms with van der Waals surface area (Å²) in [4.78, 5) is 14.0. The molecule has 22 heavy (non-hydrogen) atoms. The molecule has 0 heterocycles. The summed E-state index contributed by atoms with van der Waals surface area (Å²) < 4.78 is 5.00. The molecule has 0 aromatic heterocycles. The number of nitrogens with zero attached hydrogens (tertiary/aromatic N) is 1. The number of hydrogen-bond acceptors (Lipinski definition) is 2. The first-order valence-electron chi connectivity index (χ1n) is 7.52. The fourth-order valence-electron chi connectivity index (χ4n) is 2.91. The molecule has 0 spiro atoms. The van der Waals surface area contributed by atoms with E-state index in [-0.39, 0.29) is 6.09 Å². The average Bonchev–Trinajstić information content (AvgIpc) is 2.57. The summed E-state index contributed by atoms with van der Waals surface area (Å²) in [7, 11) is 1.43. The summed E-state index contributed by atoms with van der Waals surface area (Å²) in [6.07, 6.45) is 0.551. The summed E-state index contributed by atoms with van der Waals surface area (Å²) >= 11 is 0. The van der Waals surface area contributed by atoms with E-state index in [0.717, 1.165) is 33.7 Å². The van der Waals surface area contributed by atoms with Gasteiger partial charge in [0.15, 0.2) is 0 Å². The monoisotopic (exact) mass is 293 g/mol. The zero-order valence-corrected chi connectivity index (χ0v) is 12.9. The lowest BCUT2D eigenvalue weighted by Gasteiger charge is -2.24. The number of carbonyl (C=O) groups is 1. The van der Waals surface area contributed by atoms with Crippen molar-refractivity contribution in [3.63, 3.8) is 0 Å². The van der Waals surface area contributed by atoms with E-state index in [1.807, 2.05) is 24.3 Å². The summed E-state index contributed by atoms with van der Waals surface area (Å²) in [5, 5.41) is 4.39. The third-order valence-electron chi connectivity index (χ3n) is 3.85. The minimum absolute atomic E-state index is 0.316. The Balaban J connectivity index is 2.38. The number of hydrogen-bond donors (Lipinski definition) is 0. The molecule has 0 saturated carbocycles. The van der Waals surface area contributed by atoms with Crippen molar-refractivity contribution >= 4 is 33.3 Å². The summed E-state index contributed by atoms with van der Waals surface area (Å²) in [6.45, 7) is 2.69. The molecule has 0 unspecified atom stereocenters. The van der Waals surface area contributed by atoms with Gasteiger partial charge in [-0.15, -0.1) is 0 Å². The van der Waals surface area contributed by atoms with Gasteiger partial charge in [-0.05, 0) is 23.3 Å². The third-order valence-corrected chi connectivity index (χ3v) is 3.85. The third kappa shape index (κ3) is 2.39. The molecule has 3 aromatic carbocycles. The highest BCUT2D eigenvalue weighted by atomic mass is 16.5. The number of methoxy groups -OCH3 is 1. The van der Waals surface area contributed by atoms with Crippen LogP contribution in [0.1, 0.15) is 13.3 Å². The Bertz CT molecular complexity index is 772. The maximum Gasteiger partial charge on any atom is 0.414 e. The van der Waals surface area contributed by atoms with E-state index in [1.54, 1.807) is 4.90 Å². The van der Waals surface area contributed by atoms with E-state index >= 15 is 0 Å². The molecule has 0 radical (unpaired) electrons. The van der Waals surface area contributed by atoms with Gasteiger partial charge in [0, 0.05) is 17.3 Å². The van der Waals surface area contributed by atoms with Gasteiger partial charge in [-0.25, -0.2) is 4.79 Å². The van der Waals surface area contributed by atoms with Crippen molar-refractivity contribution in [2.75, 3.05) is 18.6 Å². The predicted molar refractivity (Wildman–Crippen MR) is 91.5 cm³/mol. The zero-order chi connectivity index (χ0) is 15.5. The maximum atomic E-state index is 12.3. The average molecular weight is 293 g/mol. The molecule has 112 valence electrons. The number of fused-ring (bicyclic) bond motifs is 2. The van der Waals surface area contributed by atoms with Gasteiger partial charge in [0.2, 0.25) is 0 Å². The highest BCUT2D eigenvalue weighted by molar-refractivity contribution is 6.15. The largest absolute Gasteiger partial charge is 0.452 e. The van der Waals surface area contributed by atoms with Crippen molar-refractivity contribution in [1.82, 2.24) is 0 Å². The molecule has 0 aliphatic rings. The quantitative estimate of drug-likeness (QED) is 0.638. The molecule has 0 aliphatic heterocycles. The van der Waals surface area contributed by atoms with Crippen LogP contribution in [-0.4, -0.2) is 19.7 Å². The number of carbonyl (C=O) groups excluding carboxylic acids is 1. The fraction of sp³-hybridized carbons (Fsp3) is 0.211. The van der Waals surface area contributed by atoms with Crippen LogP contribution in [0.15, 0.2) is 54.6 Å². The molecule has 0 saturated heterocycles. The summed E-state index contributed by atoms with van der Waals surface area (Å²) in [5.74, 6) is 0. The van der Waals surface area contributed by atoms with Gasteiger partial charge < -0.3 is 4.74 Å². The van der Waals surface area contributed by atoms with Crippen LogP contribution in [0.25, 0.3) is 21.5 Å². The molecule has 3 aromatic rings. The second kappa shape index (κ2) is 6.06. The Morgan fingerprint density at radius 3 is 2.05 bits per heavy atom. The van der Waals surface area contributed by atoms with Gasteiger partial charge >= 0.3 is 6.09 Å². The molecule has 0 atom stereocenters. The number of rotatable bonds is 3. The van der Waals surface area contributed by atoms with Crippen molar-refractivity contribution in [3.8, 4) is 0 Å². The van der Waals surface area contributed by atoms with Crippen molar-refractivity contribution < 1.29 is 9.53 Å². The van der Waals surface area contributed by atoms with Crippen LogP contribution in [0.3, 0.4) is 0 Å². The summed E-state index contributed by atoms with van der Waals surface area (Å²) in [5.41, 5.74) is 0.933. The first-order chi connectivity index (χ1) is 10.8. The van der Waals surface area contributed by atoms with Crippen LogP contribution >= 0.6 is 0 Å². The second-order valence-electron chi connectivity index (χ2n) is 5.29. The van der Waals surface area contributed by atoms with Gasteiger partial charge in [-0.3, -0.25) is 4.90 Å². The van der Waals surface area contributed by atoms with Crippen molar-refractivity contribution in [1.29, 1.82) is 0 Å². The topological polar surface area (TPSA) is 29.5 Å². The molecule has 0 aliphatic carbocycles. The maximum absolute atomic E-state index is 12.3. The number of anilines is 1. The van der Waals surface area contributed by atoms with Crippen molar-refractivity contribution in [2.45, 2.75) is 13.3 Å². The highest BCUT2D eigenvalue weighted by Gasteiger charge is 2.20. The number of amides is 1. The van der Waals surface area contributed by atoms with E-state index in [4.69, 9.17) is 4.74 Å². The van der Waals surface area contributed by atoms with E-state index in [1.165, 1.54) is 7.11 Å². The molecule has 1 amide bonds. The van der Waals surface area contributed by atoms with Crippen LogP contribution in [0.5, 0.6) is 0 Å². The van der Waals surface area contributed by atoms with Crippen molar-refractivity contribution in [3.05, 3.63) is 54.6 Å².